The van der Waals surface area contributed by atoms with Gasteiger partial charge in [0, 0.05) is 95.0 Å². The van der Waals surface area contributed by atoms with E-state index in [9.17, 15) is 19.2 Å². The maximum absolute atomic E-state index is 16.4. The lowest BCUT2D eigenvalue weighted by molar-refractivity contribution is -0.145. The summed E-state index contributed by atoms with van der Waals surface area (Å²) in [5.41, 5.74) is 2.30. The fourth-order valence-corrected chi connectivity index (χ4v) is 15.4. The van der Waals surface area contributed by atoms with Crippen molar-refractivity contribution in [1.29, 1.82) is 0 Å². The number of benzene rings is 9. The van der Waals surface area contributed by atoms with Gasteiger partial charge in [-0.2, -0.15) is 0 Å². The standard InChI is InChI=1S/C96H104N4O22.CH4/c1-93(2,3)55-21-29-59(30-22-55)119-71-41-67-81-68(90(108)99(89(67)107)45-75(101)97(37-13-17-77(103)115-51-63-47-111-63)38-14-18-78(104)116-52-64-48-112-64)43-73(121-61-33-25-57(26-34-61)95(7,8)9)85-86-74(122-62-35-27-58(28-36-62)96(10,11)12)44-70-82-69(42-72(84(88(82)86)83(71)87(81)85)120-60-31-23-56(24-32-60)94(4,5)6)91(109)100(92(70)110)46-76(102)98(39-15-19-79(105)117-53-65-49-113-65)40-16-20-80(106)118-54-66-50-114-66;/h21-36,41-44,63-66H,13-20,37-40,45-54H2,1-12H3;1H4. The van der Waals surface area contributed by atoms with E-state index in [-0.39, 0.29) is 246 Å². The van der Waals surface area contributed by atoms with Crippen molar-refractivity contribution in [2.75, 3.05) is 92.1 Å². The normalized spacial score (nSPS) is 17.1. The molecule has 0 spiro atoms. The average molecular weight is 1680 g/mol. The molecule has 9 aromatic carbocycles. The molecular weight excluding hydrogens is 1570 g/mol. The number of carbonyl (C=O) groups excluding carboxylic acids is 10. The number of imide groups is 2. The highest BCUT2D eigenvalue weighted by atomic mass is 16.6. The van der Waals surface area contributed by atoms with Crippen LogP contribution in [0.2, 0.25) is 0 Å². The van der Waals surface area contributed by atoms with Gasteiger partial charge in [0.15, 0.2) is 0 Å². The molecule has 0 aromatic heterocycles. The van der Waals surface area contributed by atoms with E-state index in [0.717, 1.165) is 32.1 Å². The first-order valence-corrected chi connectivity index (χ1v) is 42.0. The number of rotatable bonds is 36. The SMILES string of the molecule is C.CC(C)(C)c1ccc(Oc2cc3c4c(cc(Oc5ccc(C(C)(C)C)cc5)c5c6c(Oc7ccc(C(C)(C)C)cc7)cc7c8c(cc(Oc9ccc(C(C)(C)C)cc9)c(c2c45)c86)C(=O)N(CC(=O)N(CCCC(=O)OCC2CO2)CCCC(=O)OCC2CO2)C7=O)C(=O)N(CC(=O)N(CCCC(=O)OCC2CO2)CCCC(=O)OCC2CO2)C3=O)cc1. The Morgan fingerprint density at radius 1 is 0.325 bits per heavy atom. The molecule has 9 aromatic rings. The van der Waals surface area contributed by atoms with Gasteiger partial charge in [-0.25, -0.2) is 0 Å². The molecule has 6 amide bonds. The minimum absolute atomic E-state index is 0. The fraction of sp³-hybridized carbons (Fsp3) is 0.443. The molecule has 26 nitrogen and oxygen atoms in total. The summed E-state index contributed by atoms with van der Waals surface area (Å²) in [6, 6.07) is 36.0. The van der Waals surface area contributed by atoms with Crippen molar-refractivity contribution >= 4 is 102 Å². The first kappa shape index (κ1) is 87.8. The quantitative estimate of drug-likeness (QED) is 0.00879. The molecule has 4 fully saturated rings. The van der Waals surface area contributed by atoms with E-state index < -0.39 is 72.4 Å². The molecular formula is C97H108N4O22. The number of amides is 6. The summed E-state index contributed by atoms with van der Waals surface area (Å²) in [6.07, 6.45) is -0.533. The van der Waals surface area contributed by atoms with Crippen molar-refractivity contribution in [1.82, 2.24) is 19.6 Å². The first-order valence-electron chi connectivity index (χ1n) is 42.0. The smallest absolute Gasteiger partial charge is 0.305 e. The molecule has 0 radical (unpaired) electrons. The van der Waals surface area contributed by atoms with Gasteiger partial charge < -0.3 is 66.6 Å². The molecule has 6 aliphatic heterocycles. The third-order valence-corrected chi connectivity index (χ3v) is 22.7. The fourth-order valence-electron chi connectivity index (χ4n) is 15.4. The maximum atomic E-state index is 16.4. The molecule has 0 bridgehead atoms. The number of ether oxygens (including phenoxy) is 12. The van der Waals surface area contributed by atoms with E-state index in [2.05, 4.69) is 83.1 Å². The molecule has 6 heterocycles. The Hall–Kier alpha value is -11.6. The summed E-state index contributed by atoms with van der Waals surface area (Å²) < 4.78 is 72.0. The molecule has 6 aliphatic rings. The molecule has 123 heavy (non-hydrogen) atoms. The Kier molecular flexibility index (Phi) is 25.5. The number of esters is 4. The summed E-state index contributed by atoms with van der Waals surface area (Å²) in [6.45, 7) is 25.4. The highest BCUT2D eigenvalue weighted by Gasteiger charge is 2.44. The Bertz CT molecular complexity index is 4900. The van der Waals surface area contributed by atoms with Crippen molar-refractivity contribution in [2.24, 2.45) is 0 Å². The van der Waals surface area contributed by atoms with E-state index in [1.165, 1.54) is 34.1 Å². The van der Waals surface area contributed by atoms with Gasteiger partial charge in [-0.05, 0) is 142 Å². The van der Waals surface area contributed by atoms with Crippen molar-refractivity contribution in [3.05, 3.63) is 166 Å². The third kappa shape index (κ3) is 20.4. The number of epoxide rings is 4. The third-order valence-electron chi connectivity index (χ3n) is 22.7. The zero-order valence-electron chi connectivity index (χ0n) is 71.2. The molecule has 4 saturated heterocycles. The van der Waals surface area contributed by atoms with Crippen LogP contribution in [0.25, 0.3) is 43.1 Å². The van der Waals surface area contributed by atoms with E-state index >= 15 is 28.8 Å². The summed E-state index contributed by atoms with van der Waals surface area (Å²) in [5.74, 6) is -5.69. The van der Waals surface area contributed by atoms with E-state index in [4.69, 9.17) is 56.8 Å². The monoisotopic (exact) mass is 1680 g/mol. The summed E-state index contributed by atoms with van der Waals surface area (Å²) >= 11 is 0. The summed E-state index contributed by atoms with van der Waals surface area (Å²) in [5, 5.41) is 1.52. The minimum Gasteiger partial charge on any atom is -0.463 e. The highest BCUT2D eigenvalue weighted by molar-refractivity contribution is 6.45. The second-order valence-corrected chi connectivity index (χ2v) is 36.3. The lowest BCUT2D eigenvalue weighted by atomic mass is 9.80. The highest BCUT2D eigenvalue weighted by Crippen LogP contribution is 2.58. The van der Waals surface area contributed by atoms with Crippen LogP contribution >= 0.6 is 0 Å². The predicted octanol–water partition coefficient (Wildman–Crippen LogP) is 16.5. The number of hydrogen-bond acceptors (Lipinski definition) is 22. The molecule has 26 heteroatoms. The Labute approximate surface area is 715 Å². The van der Waals surface area contributed by atoms with Crippen LogP contribution in [0.4, 0.5) is 0 Å². The topological polar surface area (TPSA) is 308 Å². The van der Waals surface area contributed by atoms with Crippen molar-refractivity contribution in [2.45, 2.75) is 188 Å². The van der Waals surface area contributed by atoms with Crippen LogP contribution in [0.15, 0.2) is 121 Å². The molecule has 0 saturated carbocycles. The summed E-state index contributed by atoms with van der Waals surface area (Å²) in [4.78, 5) is 153. The molecule has 0 aliphatic carbocycles. The molecule has 648 valence electrons. The molecule has 0 N–H and O–H groups in total. The van der Waals surface area contributed by atoms with Crippen LogP contribution in [0.3, 0.4) is 0 Å². The second-order valence-electron chi connectivity index (χ2n) is 36.3. The second kappa shape index (κ2) is 35.7. The van der Waals surface area contributed by atoms with Gasteiger partial charge in [-0.1, -0.05) is 139 Å². The minimum atomic E-state index is -0.889. The van der Waals surface area contributed by atoms with Crippen LogP contribution in [-0.2, 0) is 88.3 Å². The number of nitrogens with zero attached hydrogens (tertiary/aromatic N) is 4. The van der Waals surface area contributed by atoms with Crippen LogP contribution < -0.4 is 18.9 Å². The first-order chi connectivity index (χ1) is 58.1. The van der Waals surface area contributed by atoms with Crippen molar-refractivity contribution in [3.63, 3.8) is 0 Å². The van der Waals surface area contributed by atoms with Gasteiger partial charge in [0.25, 0.3) is 23.6 Å². The Morgan fingerprint density at radius 2 is 0.528 bits per heavy atom. The zero-order valence-corrected chi connectivity index (χ0v) is 71.2. The Morgan fingerprint density at radius 3 is 0.715 bits per heavy atom. The van der Waals surface area contributed by atoms with Crippen LogP contribution in [0.5, 0.6) is 46.0 Å². The van der Waals surface area contributed by atoms with Crippen LogP contribution in [0.1, 0.15) is 206 Å². The van der Waals surface area contributed by atoms with E-state index in [1.807, 2.05) is 48.5 Å². The largest absolute Gasteiger partial charge is 0.463 e. The van der Waals surface area contributed by atoms with Gasteiger partial charge in [-0.3, -0.25) is 57.7 Å². The number of hydrogen-bond donors (Lipinski definition) is 0. The van der Waals surface area contributed by atoms with Crippen LogP contribution in [0, 0.1) is 0 Å². The van der Waals surface area contributed by atoms with Gasteiger partial charge in [-0.15, -0.1) is 0 Å². The van der Waals surface area contributed by atoms with E-state index in [0.29, 0.717) is 49.4 Å². The van der Waals surface area contributed by atoms with Gasteiger partial charge >= 0.3 is 23.9 Å². The molecule has 15 rings (SSSR count). The lowest BCUT2D eigenvalue weighted by Gasteiger charge is -2.33. The predicted molar refractivity (Wildman–Crippen MR) is 459 cm³/mol. The lowest BCUT2D eigenvalue weighted by Crippen LogP contribution is -2.48. The van der Waals surface area contributed by atoms with Crippen LogP contribution in [-0.4, -0.2) is 195 Å². The van der Waals surface area contributed by atoms with E-state index in [1.54, 1.807) is 48.5 Å². The molecule has 4 unspecified atom stereocenters. The van der Waals surface area contributed by atoms with Gasteiger partial charge in [0.05, 0.1) is 48.7 Å². The van der Waals surface area contributed by atoms with Crippen molar-refractivity contribution in [3.8, 4) is 46.0 Å². The van der Waals surface area contributed by atoms with Gasteiger partial charge in [0.1, 0.15) is 110 Å². The van der Waals surface area contributed by atoms with Gasteiger partial charge in [0.2, 0.25) is 11.8 Å². The number of carbonyl (C=O) groups is 10. The molecule has 4 atom stereocenters. The zero-order chi connectivity index (χ0) is 86.4. The number of fused-ring (bicyclic) bond motifs is 2. The van der Waals surface area contributed by atoms with Crippen molar-refractivity contribution < 1.29 is 105 Å². The maximum Gasteiger partial charge on any atom is 0.305 e. The Balaban J connectivity index is 0.0000123. The summed E-state index contributed by atoms with van der Waals surface area (Å²) in [7, 11) is 0. The average Bonchev–Trinajstić information content (AvgIpc) is 1.06.